The van der Waals surface area contributed by atoms with Gasteiger partial charge in [-0.05, 0) is 65.5 Å². The number of methoxy groups -OCH3 is 1. The molecule has 0 N–H and O–H groups in total. The fourth-order valence-corrected chi connectivity index (χ4v) is 3.87. The molecule has 0 radical (unpaired) electrons. The number of hydrogen-bond acceptors (Lipinski definition) is 5. The van der Waals surface area contributed by atoms with Crippen molar-refractivity contribution in [1.29, 1.82) is 0 Å². The van der Waals surface area contributed by atoms with Crippen LogP contribution in [-0.2, 0) is 6.54 Å². The quantitative estimate of drug-likeness (QED) is 0.657. The van der Waals surface area contributed by atoms with Crippen LogP contribution in [0.25, 0.3) is 0 Å². The van der Waals surface area contributed by atoms with Crippen molar-refractivity contribution in [3.8, 4) is 5.75 Å². The number of benzene rings is 2. The predicted octanol–water partition coefficient (Wildman–Crippen LogP) is 3.55. The Kier molecular flexibility index (Phi) is 5.67. The zero-order valence-electron chi connectivity index (χ0n) is 16.5. The normalized spacial score (nSPS) is 16.8. The summed E-state index contributed by atoms with van der Waals surface area (Å²) in [5.41, 5.74) is 2.39. The predicted molar refractivity (Wildman–Crippen MR) is 108 cm³/mol. The number of ether oxygens (including phenoxy) is 1. The van der Waals surface area contributed by atoms with Crippen molar-refractivity contribution in [3.05, 3.63) is 71.5 Å². The summed E-state index contributed by atoms with van der Waals surface area (Å²) in [6.45, 7) is 5.10. The number of aromatic nitrogens is 4. The second-order valence-corrected chi connectivity index (χ2v) is 7.57. The molecule has 6 heteroatoms. The maximum atomic E-state index is 5.34. The van der Waals surface area contributed by atoms with Crippen LogP contribution in [-0.4, -0.2) is 45.3 Å². The highest BCUT2D eigenvalue weighted by molar-refractivity contribution is 5.32. The molecular weight excluding hydrogens is 350 g/mol. The highest BCUT2D eigenvalue weighted by Gasteiger charge is 2.30. The molecular formula is C22H27N5O. The topological polar surface area (TPSA) is 56.1 Å². The van der Waals surface area contributed by atoms with E-state index in [1.54, 1.807) is 7.11 Å². The van der Waals surface area contributed by atoms with Crippen LogP contribution in [0.15, 0.2) is 54.6 Å². The van der Waals surface area contributed by atoms with Gasteiger partial charge < -0.3 is 4.74 Å². The minimum atomic E-state index is 0.0390. The van der Waals surface area contributed by atoms with Crippen LogP contribution < -0.4 is 4.74 Å². The van der Waals surface area contributed by atoms with Gasteiger partial charge in [0.1, 0.15) is 5.75 Å². The lowest BCUT2D eigenvalue weighted by Crippen LogP contribution is -2.38. The summed E-state index contributed by atoms with van der Waals surface area (Å²) >= 11 is 0. The lowest BCUT2D eigenvalue weighted by atomic mass is 9.95. The van der Waals surface area contributed by atoms with Crippen LogP contribution >= 0.6 is 0 Å². The minimum absolute atomic E-state index is 0.0390. The summed E-state index contributed by atoms with van der Waals surface area (Å²) in [4.78, 5) is 2.51. The lowest BCUT2D eigenvalue weighted by Gasteiger charge is -2.36. The molecule has 2 aromatic carbocycles. The Bertz CT molecular complexity index is 869. The summed E-state index contributed by atoms with van der Waals surface area (Å²) in [6.07, 6.45) is 2.40. The highest BCUT2D eigenvalue weighted by Crippen LogP contribution is 2.32. The molecule has 1 saturated heterocycles. The van der Waals surface area contributed by atoms with Gasteiger partial charge in [-0.15, -0.1) is 5.10 Å². The molecule has 4 rings (SSSR count). The summed E-state index contributed by atoms with van der Waals surface area (Å²) < 4.78 is 7.28. The van der Waals surface area contributed by atoms with Crippen molar-refractivity contribution >= 4 is 0 Å². The van der Waals surface area contributed by atoms with Crippen molar-refractivity contribution in [2.45, 2.75) is 32.4 Å². The number of piperidine rings is 1. The molecule has 0 aliphatic carbocycles. The number of nitrogens with zero attached hydrogens (tertiary/aromatic N) is 5. The Balaban J connectivity index is 1.68. The molecule has 3 aromatic rings. The van der Waals surface area contributed by atoms with Gasteiger partial charge in [-0.25, -0.2) is 4.68 Å². The smallest absolute Gasteiger partial charge is 0.173 e. The molecule has 1 aliphatic heterocycles. The number of hydrogen-bond donors (Lipinski definition) is 0. The SMILES string of the molecule is COc1ccc([C@@H](c2nnnn2Cc2ccccc2)N2CCC(C)CC2)cc1. The molecule has 0 amide bonds. The standard InChI is InChI=1S/C22H27N5O/c1-17-12-14-26(15-13-17)21(19-8-10-20(28-2)11-9-19)22-23-24-25-27(22)16-18-6-4-3-5-7-18/h3-11,17,21H,12-16H2,1-2H3/t21-/m0/s1. The van der Waals surface area contributed by atoms with E-state index in [9.17, 15) is 0 Å². The molecule has 0 spiro atoms. The second-order valence-electron chi connectivity index (χ2n) is 7.57. The Morgan fingerprint density at radius 3 is 2.43 bits per heavy atom. The zero-order chi connectivity index (χ0) is 19.3. The Morgan fingerprint density at radius 1 is 1.04 bits per heavy atom. The maximum absolute atomic E-state index is 5.34. The van der Waals surface area contributed by atoms with Gasteiger partial charge in [-0.2, -0.15) is 0 Å². The molecule has 146 valence electrons. The molecule has 0 bridgehead atoms. The molecule has 1 fully saturated rings. The maximum Gasteiger partial charge on any atom is 0.173 e. The number of likely N-dealkylation sites (tertiary alicyclic amines) is 1. The first kappa shape index (κ1) is 18.6. The fourth-order valence-electron chi connectivity index (χ4n) is 3.87. The van der Waals surface area contributed by atoms with Gasteiger partial charge in [0.05, 0.1) is 19.7 Å². The number of rotatable bonds is 6. The molecule has 1 aliphatic rings. The summed E-state index contributed by atoms with van der Waals surface area (Å²) in [5, 5.41) is 12.8. The van der Waals surface area contributed by atoms with E-state index in [2.05, 4.69) is 51.6 Å². The van der Waals surface area contributed by atoms with Gasteiger partial charge in [-0.1, -0.05) is 49.4 Å². The van der Waals surface area contributed by atoms with Crippen LogP contribution in [0.4, 0.5) is 0 Å². The fraction of sp³-hybridized carbons (Fsp3) is 0.409. The zero-order valence-corrected chi connectivity index (χ0v) is 16.5. The highest BCUT2D eigenvalue weighted by atomic mass is 16.5. The molecule has 2 heterocycles. The molecule has 1 aromatic heterocycles. The molecule has 1 atom stereocenters. The lowest BCUT2D eigenvalue weighted by molar-refractivity contribution is 0.150. The third-order valence-corrected chi connectivity index (χ3v) is 5.59. The Labute approximate surface area is 166 Å². The van der Waals surface area contributed by atoms with Crippen molar-refractivity contribution in [1.82, 2.24) is 25.1 Å². The average molecular weight is 377 g/mol. The second kappa shape index (κ2) is 8.52. The Hall–Kier alpha value is -2.73. The third-order valence-electron chi connectivity index (χ3n) is 5.59. The summed E-state index contributed by atoms with van der Waals surface area (Å²) in [5.74, 6) is 2.52. The molecule has 6 nitrogen and oxygen atoms in total. The van der Waals surface area contributed by atoms with E-state index in [0.29, 0.717) is 6.54 Å². The van der Waals surface area contributed by atoms with Crippen molar-refractivity contribution in [3.63, 3.8) is 0 Å². The largest absolute Gasteiger partial charge is 0.497 e. The van der Waals surface area contributed by atoms with E-state index in [-0.39, 0.29) is 6.04 Å². The van der Waals surface area contributed by atoms with Crippen LogP contribution in [0.5, 0.6) is 5.75 Å². The van der Waals surface area contributed by atoms with Gasteiger partial charge in [0, 0.05) is 0 Å². The van der Waals surface area contributed by atoms with Crippen molar-refractivity contribution in [2.75, 3.05) is 20.2 Å². The van der Waals surface area contributed by atoms with Gasteiger partial charge in [0.15, 0.2) is 5.82 Å². The Morgan fingerprint density at radius 2 is 1.75 bits per heavy atom. The van der Waals surface area contributed by atoms with Gasteiger partial charge >= 0.3 is 0 Å². The summed E-state index contributed by atoms with van der Waals surface area (Å²) in [7, 11) is 1.69. The van der Waals surface area contributed by atoms with E-state index in [4.69, 9.17) is 4.74 Å². The minimum Gasteiger partial charge on any atom is -0.497 e. The van der Waals surface area contributed by atoms with E-state index in [1.807, 2.05) is 35.0 Å². The van der Waals surface area contributed by atoms with E-state index < -0.39 is 0 Å². The van der Waals surface area contributed by atoms with Crippen LogP contribution in [0.1, 0.15) is 42.8 Å². The molecule has 28 heavy (non-hydrogen) atoms. The van der Waals surface area contributed by atoms with Crippen LogP contribution in [0.3, 0.4) is 0 Å². The van der Waals surface area contributed by atoms with E-state index >= 15 is 0 Å². The monoisotopic (exact) mass is 377 g/mol. The third kappa shape index (κ3) is 4.07. The van der Waals surface area contributed by atoms with E-state index in [0.717, 1.165) is 30.6 Å². The average Bonchev–Trinajstić information content (AvgIpc) is 3.18. The molecule has 0 saturated carbocycles. The first-order valence-corrected chi connectivity index (χ1v) is 9.92. The first-order valence-electron chi connectivity index (χ1n) is 9.92. The van der Waals surface area contributed by atoms with Crippen LogP contribution in [0, 0.1) is 5.92 Å². The van der Waals surface area contributed by atoms with Crippen molar-refractivity contribution in [2.24, 2.45) is 5.92 Å². The molecule has 0 unspecified atom stereocenters. The van der Waals surface area contributed by atoms with Gasteiger partial charge in [-0.3, -0.25) is 4.90 Å². The van der Waals surface area contributed by atoms with Gasteiger partial charge in [0.25, 0.3) is 0 Å². The number of tetrazole rings is 1. The van der Waals surface area contributed by atoms with Gasteiger partial charge in [0.2, 0.25) is 0 Å². The summed E-state index contributed by atoms with van der Waals surface area (Å²) in [6, 6.07) is 18.7. The van der Waals surface area contributed by atoms with Crippen molar-refractivity contribution < 1.29 is 4.74 Å². The van der Waals surface area contributed by atoms with Crippen LogP contribution in [0.2, 0.25) is 0 Å². The van der Waals surface area contributed by atoms with E-state index in [1.165, 1.54) is 24.0 Å². The first-order chi connectivity index (χ1) is 13.7.